The second-order valence-corrected chi connectivity index (χ2v) is 9.45. The summed E-state index contributed by atoms with van der Waals surface area (Å²) in [5.41, 5.74) is 5.13. The van der Waals surface area contributed by atoms with Crippen molar-refractivity contribution >= 4 is 22.7 Å². The minimum Gasteiger partial charge on any atom is -0.314 e. The molecule has 0 bridgehead atoms. The quantitative estimate of drug-likeness (QED) is 0.434. The van der Waals surface area contributed by atoms with E-state index < -0.39 is 5.82 Å². The molecule has 0 atom stereocenters. The maximum atomic E-state index is 14.9. The number of piperazine rings is 1. The third-order valence-electron chi connectivity index (χ3n) is 6.42. The number of benzene rings is 1. The van der Waals surface area contributed by atoms with Crippen LogP contribution in [0.2, 0.25) is 0 Å². The largest absolute Gasteiger partial charge is 0.314 e. The predicted molar refractivity (Wildman–Crippen MR) is 136 cm³/mol. The number of nitrogens with zero attached hydrogens (tertiary/aromatic N) is 6. The van der Waals surface area contributed by atoms with E-state index >= 15 is 0 Å². The summed E-state index contributed by atoms with van der Waals surface area (Å²) >= 11 is 0. The van der Waals surface area contributed by atoms with E-state index in [2.05, 4.69) is 55.5 Å². The molecule has 0 spiro atoms. The van der Waals surface area contributed by atoms with Gasteiger partial charge < -0.3 is 10.6 Å². The number of aryl methyl sites for hydroxylation is 2. The van der Waals surface area contributed by atoms with E-state index in [4.69, 9.17) is 0 Å². The van der Waals surface area contributed by atoms with Crippen LogP contribution < -0.4 is 10.6 Å². The van der Waals surface area contributed by atoms with Crippen LogP contribution in [0.15, 0.2) is 36.7 Å². The SMILES string of the molecule is Cc1cc(-c2nc(Nc3ccc(CN4CCNCC4)cn3)ncc2F)cc2c(C(C)C)n(C)nc12. The predicted octanol–water partition coefficient (Wildman–Crippen LogP) is 4.15. The van der Waals surface area contributed by atoms with Crippen molar-refractivity contribution in [3.05, 3.63) is 59.3 Å². The molecule has 1 fully saturated rings. The van der Waals surface area contributed by atoms with Crippen LogP contribution in [-0.2, 0) is 13.6 Å². The van der Waals surface area contributed by atoms with Crippen molar-refractivity contribution in [2.24, 2.45) is 7.05 Å². The van der Waals surface area contributed by atoms with Gasteiger partial charge in [0.05, 0.1) is 11.7 Å². The van der Waals surface area contributed by atoms with Gasteiger partial charge in [-0.2, -0.15) is 5.10 Å². The fourth-order valence-corrected chi connectivity index (χ4v) is 4.77. The molecule has 3 aromatic heterocycles. The van der Waals surface area contributed by atoms with E-state index in [1.54, 1.807) is 0 Å². The van der Waals surface area contributed by atoms with Gasteiger partial charge in [0.1, 0.15) is 11.5 Å². The first-order chi connectivity index (χ1) is 16.9. The standard InChI is InChI=1S/C26H31FN8/c1-16(2)25-20-12-19(11-17(3)23(20)33-34(25)4)24-21(27)14-30-26(32-24)31-22-6-5-18(13-29-22)15-35-9-7-28-8-10-35/h5-6,11-14,16,28H,7-10,15H2,1-4H3,(H,29,30,31,32). The summed E-state index contributed by atoms with van der Waals surface area (Å²) in [4.78, 5) is 15.6. The molecule has 182 valence electrons. The van der Waals surface area contributed by atoms with Crippen LogP contribution in [0.5, 0.6) is 0 Å². The lowest BCUT2D eigenvalue weighted by molar-refractivity contribution is 0.233. The Labute approximate surface area is 204 Å². The van der Waals surface area contributed by atoms with Crippen molar-refractivity contribution in [3.8, 4) is 11.3 Å². The summed E-state index contributed by atoms with van der Waals surface area (Å²) in [7, 11) is 1.95. The number of nitrogens with one attached hydrogen (secondary N) is 2. The van der Waals surface area contributed by atoms with E-state index in [0.717, 1.165) is 60.4 Å². The fourth-order valence-electron chi connectivity index (χ4n) is 4.77. The van der Waals surface area contributed by atoms with Gasteiger partial charge in [0, 0.05) is 62.6 Å². The summed E-state index contributed by atoms with van der Waals surface area (Å²) in [6, 6.07) is 7.86. The minimum absolute atomic E-state index is 0.251. The first kappa shape index (κ1) is 23.3. The van der Waals surface area contributed by atoms with E-state index in [0.29, 0.717) is 17.3 Å². The first-order valence-corrected chi connectivity index (χ1v) is 12.0. The Morgan fingerprint density at radius 3 is 2.63 bits per heavy atom. The van der Waals surface area contributed by atoms with Crippen LogP contribution in [0.25, 0.3) is 22.2 Å². The smallest absolute Gasteiger partial charge is 0.229 e. The molecule has 1 aliphatic rings. The highest BCUT2D eigenvalue weighted by molar-refractivity contribution is 5.89. The van der Waals surface area contributed by atoms with Crippen molar-refractivity contribution in [2.45, 2.75) is 33.2 Å². The second kappa shape index (κ2) is 9.67. The van der Waals surface area contributed by atoms with Crippen molar-refractivity contribution in [1.82, 2.24) is 34.9 Å². The molecule has 0 saturated carbocycles. The molecule has 5 rings (SSSR count). The molecule has 0 unspecified atom stereocenters. The number of fused-ring (bicyclic) bond motifs is 1. The second-order valence-electron chi connectivity index (χ2n) is 9.45. The van der Waals surface area contributed by atoms with Crippen LogP contribution in [0.4, 0.5) is 16.2 Å². The number of rotatable bonds is 6. The lowest BCUT2D eigenvalue weighted by Gasteiger charge is -2.27. The van der Waals surface area contributed by atoms with E-state index in [9.17, 15) is 4.39 Å². The fraction of sp³-hybridized carbons (Fsp3) is 0.385. The topological polar surface area (TPSA) is 83.8 Å². The molecule has 9 heteroatoms. The van der Waals surface area contributed by atoms with Crippen molar-refractivity contribution in [2.75, 3.05) is 31.5 Å². The Morgan fingerprint density at radius 1 is 1.11 bits per heavy atom. The molecule has 8 nitrogen and oxygen atoms in total. The number of anilines is 2. The number of aromatic nitrogens is 5. The van der Waals surface area contributed by atoms with Crippen LogP contribution in [0.1, 0.15) is 36.6 Å². The van der Waals surface area contributed by atoms with Gasteiger partial charge >= 0.3 is 0 Å². The molecule has 0 amide bonds. The molecular weight excluding hydrogens is 443 g/mol. The van der Waals surface area contributed by atoms with Gasteiger partial charge in [-0.3, -0.25) is 9.58 Å². The summed E-state index contributed by atoms with van der Waals surface area (Å²) in [6.45, 7) is 11.2. The maximum absolute atomic E-state index is 14.9. The van der Waals surface area contributed by atoms with Crippen LogP contribution in [-0.4, -0.2) is 55.8 Å². The van der Waals surface area contributed by atoms with Gasteiger partial charge in [0.25, 0.3) is 0 Å². The van der Waals surface area contributed by atoms with Gasteiger partial charge in [-0.05, 0) is 42.2 Å². The molecule has 4 aromatic rings. The highest BCUT2D eigenvalue weighted by atomic mass is 19.1. The van der Waals surface area contributed by atoms with Gasteiger partial charge in [-0.15, -0.1) is 0 Å². The third kappa shape index (κ3) is 4.87. The first-order valence-electron chi connectivity index (χ1n) is 12.0. The van der Waals surface area contributed by atoms with Crippen LogP contribution in [0.3, 0.4) is 0 Å². The maximum Gasteiger partial charge on any atom is 0.229 e. The van der Waals surface area contributed by atoms with Crippen molar-refractivity contribution in [1.29, 1.82) is 0 Å². The molecule has 1 aliphatic heterocycles. The lowest BCUT2D eigenvalue weighted by Crippen LogP contribution is -2.42. The molecular formula is C26H31FN8. The van der Waals surface area contributed by atoms with Crippen molar-refractivity contribution in [3.63, 3.8) is 0 Å². The zero-order valence-corrected chi connectivity index (χ0v) is 20.6. The van der Waals surface area contributed by atoms with Crippen molar-refractivity contribution < 1.29 is 4.39 Å². The zero-order valence-electron chi connectivity index (χ0n) is 20.6. The number of halogens is 1. The Balaban J connectivity index is 1.40. The van der Waals surface area contributed by atoms with Gasteiger partial charge in [-0.25, -0.2) is 19.3 Å². The summed E-state index contributed by atoms with van der Waals surface area (Å²) < 4.78 is 16.8. The molecule has 1 saturated heterocycles. The lowest BCUT2D eigenvalue weighted by atomic mass is 9.99. The Kier molecular flexibility index (Phi) is 6.44. The van der Waals surface area contributed by atoms with Crippen LogP contribution >= 0.6 is 0 Å². The number of pyridine rings is 1. The minimum atomic E-state index is -0.469. The van der Waals surface area contributed by atoms with Gasteiger partial charge in [0.2, 0.25) is 5.95 Å². The molecule has 35 heavy (non-hydrogen) atoms. The highest BCUT2D eigenvalue weighted by Crippen LogP contribution is 2.32. The average molecular weight is 475 g/mol. The number of hydrogen-bond donors (Lipinski definition) is 2. The van der Waals surface area contributed by atoms with Crippen LogP contribution in [0, 0.1) is 12.7 Å². The molecule has 1 aromatic carbocycles. The average Bonchev–Trinajstić information content (AvgIpc) is 3.19. The summed E-state index contributed by atoms with van der Waals surface area (Å²) in [5.74, 6) is 0.737. The summed E-state index contributed by atoms with van der Waals surface area (Å²) in [6.07, 6.45) is 3.07. The van der Waals surface area contributed by atoms with Gasteiger partial charge in [-0.1, -0.05) is 19.9 Å². The molecule has 0 radical (unpaired) electrons. The normalized spacial score (nSPS) is 14.7. The van der Waals surface area contributed by atoms with E-state index in [1.807, 2.05) is 43.0 Å². The Morgan fingerprint density at radius 2 is 1.91 bits per heavy atom. The Hall–Kier alpha value is -3.43. The summed E-state index contributed by atoms with van der Waals surface area (Å²) in [5, 5.41) is 12.2. The molecule has 2 N–H and O–H groups in total. The molecule has 0 aliphatic carbocycles. The zero-order chi connectivity index (χ0) is 24.5. The van der Waals surface area contributed by atoms with E-state index in [-0.39, 0.29) is 11.6 Å². The molecule has 4 heterocycles. The van der Waals surface area contributed by atoms with Gasteiger partial charge in [0.15, 0.2) is 5.82 Å². The third-order valence-corrected chi connectivity index (χ3v) is 6.42. The monoisotopic (exact) mass is 474 g/mol. The van der Waals surface area contributed by atoms with E-state index in [1.165, 1.54) is 6.20 Å². The highest BCUT2D eigenvalue weighted by Gasteiger charge is 2.18. The Bertz CT molecular complexity index is 1340. The number of hydrogen-bond acceptors (Lipinski definition) is 7.